The number of nitrogens with one attached hydrogen (secondary N) is 2. The Labute approximate surface area is 165 Å². The molecule has 1 fully saturated rings. The number of anilines is 2. The Balaban J connectivity index is 2.00. The van der Waals surface area contributed by atoms with Gasteiger partial charge in [-0.15, -0.1) is 0 Å². The second kappa shape index (κ2) is 7.82. The van der Waals surface area contributed by atoms with E-state index in [0.717, 1.165) is 5.56 Å². The van der Waals surface area contributed by atoms with Gasteiger partial charge in [-0.3, -0.25) is 0 Å². The van der Waals surface area contributed by atoms with E-state index in [2.05, 4.69) is 26.1 Å². The van der Waals surface area contributed by atoms with Crippen molar-refractivity contribution >= 4 is 29.5 Å². The smallest absolute Gasteiger partial charge is 0.143 e. The second-order valence-electron chi connectivity index (χ2n) is 7.86. The van der Waals surface area contributed by atoms with E-state index in [1.165, 1.54) is 6.21 Å². The minimum absolute atomic E-state index is 0.242. The molecule has 144 valence electrons. The molecule has 0 amide bonds. The highest BCUT2D eigenvalue weighted by Gasteiger charge is 2.28. The molecule has 1 aromatic heterocycles. The number of halogens is 1. The highest BCUT2D eigenvalue weighted by molar-refractivity contribution is 6.31. The van der Waals surface area contributed by atoms with E-state index >= 15 is 0 Å². The molecule has 0 saturated carbocycles. The second-order valence-corrected chi connectivity index (χ2v) is 8.27. The van der Waals surface area contributed by atoms with Crippen LogP contribution >= 0.6 is 11.6 Å². The molecule has 1 saturated heterocycles. The Kier molecular flexibility index (Phi) is 5.67. The minimum Gasteiger partial charge on any atom is -0.391 e. The van der Waals surface area contributed by atoms with Gasteiger partial charge < -0.3 is 20.7 Å². The van der Waals surface area contributed by atoms with Crippen molar-refractivity contribution in [3.8, 4) is 0 Å². The van der Waals surface area contributed by atoms with Crippen LogP contribution < -0.4 is 10.2 Å². The van der Waals surface area contributed by atoms with Crippen LogP contribution in [0.1, 0.15) is 44.1 Å². The van der Waals surface area contributed by atoms with E-state index in [4.69, 9.17) is 27.0 Å². The predicted octanol–water partition coefficient (Wildman–Crippen LogP) is 3.61. The molecule has 1 unspecified atom stereocenters. The van der Waals surface area contributed by atoms with Gasteiger partial charge in [0.2, 0.25) is 0 Å². The molecule has 7 heteroatoms. The van der Waals surface area contributed by atoms with E-state index in [-0.39, 0.29) is 11.5 Å². The number of benzene rings is 1. The van der Waals surface area contributed by atoms with Crippen LogP contribution in [0.5, 0.6) is 0 Å². The number of aliphatic hydroxyl groups excluding tert-OH is 1. The van der Waals surface area contributed by atoms with E-state index in [0.29, 0.717) is 54.1 Å². The van der Waals surface area contributed by atoms with Crippen LogP contribution in [0.4, 0.5) is 11.6 Å². The highest BCUT2D eigenvalue weighted by atomic mass is 35.5. The number of rotatable bonds is 5. The van der Waals surface area contributed by atoms with E-state index < -0.39 is 0 Å². The van der Waals surface area contributed by atoms with E-state index in [1.807, 2.05) is 29.2 Å². The SMILES string of the molecule is CC(C)(C)c1nc(NCc2ccccc2Cl)c(C=N)c(N2CCC(O)C2)n1. The highest BCUT2D eigenvalue weighted by Crippen LogP contribution is 2.30. The molecule has 1 aliphatic heterocycles. The Morgan fingerprint density at radius 2 is 2.07 bits per heavy atom. The summed E-state index contributed by atoms with van der Waals surface area (Å²) in [7, 11) is 0. The quantitative estimate of drug-likeness (QED) is 0.682. The van der Waals surface area contributed by atoms with Gasteiger partial charge in [0.25, 0.3) is 0 Å². The summed E-state index contributed by atoms with van der Waals surface area (Å²) in [6, 6.07) is 7.66. The van der Waals surface area contributed by atoms with Crippen LogP contribution in [0.2, 0.25) is 5.02 Å². The standard InChI is InChI=1S/C20H26ClN5O/c1-20(2,3)19-24-17(23-11-13-6-4-5-7-16(13)21)15(10-22)18(25-19)26-9-8-14(27)12-26/h4-7,10,14,22,27H,8-9,11-12H2,1-3H3,(H,23,24,25). The number of hydrogen-bond acceptors (Lipinski definition) is 6. The maximum absolute atomic E-state index is 9.93. The van der Waals surface area contributed by atoms with Gasteiger partial charge in [-0.1, -0.05) is 50.6 Å². The molecule has 1 aliphatic rings. The van der Waals surface area contributed by atoms with Crippen LogP contribution in [0.25, 0.3) is 0 Å². The third-order valence-corrected chi connectivity index (χ3v) is 4.98. The summed E-state index contributed by atoms with van der Waals surface area (Å²) in [4.78, 5) is 11.5. The zero-order valence-electron chi connectivity index (χ0n) is 16.0. The molecule has 6 nitrogen and oxygen atoms in total. The number of aromatic nitrogens is 2. The normalized spacial score (nSPS) is 17.2. The molecule has 1 atom stereocenters. The van der Waals surface area contributed by atoms with Gasteiger partial charge in [0.15, 0.2) is 0 Å². The van der Waals surface area contributed by atoms with Crippen molar-refractivity contribution in [1.82, 2.24) is 9.97 Å². The number of hydrogen-bond donors (Lipinski definition) is 3. The molecule has 0 bridgehead atoms. The van der Waals surface area contributed by atoms with Crippen molar-refractivity contribution in [2.75, 3.05) is 23.3 Å². The van der Waals surface area contributed by atoms with Crippen molar-refractivity contribution in [2.24, 2.45) is 0 Å². The van der Waals surface area contributed by atoms with Crippen LogP contribution in [0.15, 0.2) is 24.3 Å². The Morgan fingerprint density at radius 3 is 2.67 bits per heavy atom. The number of aliphatic hydroxyl groups is 1. The largest absolute Gasteiger partial charge is 0.391 e. The van der Waals surface area contributed by atoms with Crippen LogP contribution in [0, 0.1) is 5.41 Å². The van der Waals surface area contributed by atoms with Gasteiger partial charge in [-0.25, -0.2) is 9.97 Å². The first kappa shape index (κ1) is 19.6. The zero-order chi connectivity index (χ0) is 19.6. The van der Waals surface area contributed by atoms with Gasteiger partial charge in [-0.05, 0) is 18.1 Å². The average Bonchev–Trinajstić information content (AvgIpc) is 3.05. The summed E-state index contributed by atoms with van der Waals surface area (Å²) in [6.45, 7) is 7.92. The molecule has 2 heterocycles. The monoisotopic (exact) mass is 387 g/mol. The molecule has 0 radical (unpaired) electrons. The van der Waals surface area contributed by atoms with Gasteiger partial charge in [0.1, 0.15) is 17.5 Å². The average molecular weight is 388 g/mol. The lowest BCUT2D eigenvalue weighted by molar-refractivity contribution is 0.198. The van der Waals surface area contributed by atoms with Crippen LogP contribution in [-0.2, 0) is 12.0 Å². The number of β-amino-alcohol motifs (C(OH)–C–C–N with tert-alkyl or cyclic N) is 1. The maximum atomic E-state index is 9.93. The van der Waals surface area contributed by atoms with Crippen LogP contribution in [0.3, 0.4) is 0 Å². The van der Waals surface area contributed by atoms with Gasteiger partial charge >= 0.3 is 0 Å². The van der Waals surface area contributed by atoms with Crippen molar-refractivity contribution in [1.29, 1.82) is 5.41 Å². The summed E-state index contributed by atoms with van der Waals surface area (Å²) in [5.74, 6) is 2.01. The Hall–Kier alpha value is -2.18. The fourth-order valence-corrected chi connectivity index (χ4v) is 3.26. The lowest BCUT2D eigenvalue weighted by Gasteiger charge is -2.25. The fourth-order valence-electron chi connectivity index (χ4n) is 3.06. The Bertz CT molecular complexity index is 834. The summed E-state index contributed by atoms with van der Waals surface area (Å²) < 4.78 is 0. The molecule has 27 heavy (non-hydrogen) atoms. The summed E-state index contributed by atoms with van der Waals surface area (Å²) in [6.07, 6.45) is 1.62. The lowest BCUT2D eigenvalue weighted by Crippen LogP contribution is -2.27. The Morgan fingerprint density at radius 1 is 1.33 bits per heavy atom. The predicted molar refractivity (Wildman–Crippen MR) is 110 cm³/mol. The summed E-state index contributed by atoms with van der Waals surface area (Å²) in [5.41, 5.74) is 1.35. The maximum Gasteiger partial charge on any atom is 0.143 e. The first-order valence-electron chi connectivity index (χ1n) is 9.13. The molecule has 2 aromatic rings. The third-order valence-electron chi connectivity index (χ3n) is 4.61. The van der Waals surface area contributed by atoms with Crippen molar-refractivity contribution in [3.05, 3.63) is 46.2 Å². The molecule has 0 spiro atoms. The zero-order valence-corrected chi connectivity index (χ0v) is 16.7. The first-order chi connectivity index (χ1) is 12.8. The molecular weight excluding hydrogens is 362 g/mol. The topological polar surface area (TPSA) is 85.1 Å². The fraction of sp³-hybridized carbons (Fsp3) is 0.450. The first-order valence-corrected chi connectivity index (χ1v) is 9.50. The van der Waals surface area contributed by atoms with E-state index in [9.17, 15) is 5.11 Å². The van der Waals surface area contributed by atoms with Crippen molar-refractivity contribution in [3.63, 3.8) is 0 Å². The molecule has 1 aromatic carbocycles. The molecule has 3 rings (SSSR count). The molecule has 0 aliphatic carbocycles. The molecule has 3 N–H and O–H groups in total. The molecular formula is C20H26ClN5O. The van der Waals surface area contributed by atoms with Crippen molar-refractivity contribution in [2.45, 2.75) is 45.3 Å². The number of nitrogens with zero attached hydrogens (tertiary/aromatic N) is 3. The minimum atomic E-state index is -0.365. The van der Waals surface area contributed by atoms with Gasteiger partial charge in [0, 0.05) is 36.3 Å². The lowest BCUT2D eigenvalue weighted by atomic mass is 9.95. The van der Waals surface area contributed by atoms with Crippen LogP contribution in [-0.4, -0.2) is 40.5 Å². The van der Waals surface area contributed by atoms with Crippen molar-refractivity contribution < 1.29 is 5.11 Å². The summed E-state index contributed by atoms with van der Waals surface area (Å²) >= 11 is 6.27. The summed E-state index contributed by atoms with van der Waals surface area (Å²) in [5, 5.41) is 21.9. The van der Waals surface area contributed by atoms with Gasteiger partial charge in [-0.2, -0.15) is 0 Å². The van der Waals surface area contributed by atoms with Gasteiger partial charge in [0.05, 0.1) is 11.7 Å². The third kappa shape index (κ3) is 4.39. The van der Waals surface area contributed by atoms with E-state index in [1.54, 1.807) is 0 Å².